The van der Waals surface area contributed by atoms with E-state index in [1.54, 1.807) is 0 Å². The van der Waals surface area contributed by atoms with Crippen molar-refractivity contribution >= 4 is 16.7 Å². The van der Waals surface area contributed by atoms with Crippen LogP contribution in [-0.2, 0) is 0 Å². The minimum atomic E-state index is 0.164. The fraction of sp³-hybridized carbons (Fsp3) is 0.353. The molecule has 1 saturated heterocycles. The summed E-state index contributed by atoms with van der Waals surface area (Å²) in [6, 6.07) is 14.1. The van der Waals surface area contributed by atoms with E-state index in [-0.39, 0.29) is 5.91 Å². The second-order valence-corrected chi connectivity index (χ2v) is 5.25. The average Bonchev–Trinajstić information content (AvgIpc) is 2.54. The van der Waals surface area contributed by atoms with Crippen molar-refractivity contribution in [2.75, 3.05) is 32.7 Å². The molecule has 0 radical (unpaired) electrons. The van der Waals surface area contributed by atoms with Crippen molar-refractivity contribution in [3.63, 3.8) is 0 Å². The molecule has 3 heteroatoms. The van der Waals surface area contributed by atoms with Gasteiger partial charge in [-0.05, 0) is 23.4 Å². The van der Waals surface area contributed by atoms with Crippen LogP contribution in [0.25, 0.3) is 10.8 Å². The summed E-state index contributed by atoms with van der Waals surface area (Å²) in [6.07, 6.45) is 0. The topological polar surface area (TPSA) is 23.6 Å². The maximum Gasteiger partial charge on any atom is 0.254 e. The lowest BCUT2D eigenvalue weighted by atomic mass is 10.0. The zero-order valence-corrected chi connectivity index (χ0v) is 11.9. The Bertz CT molecular complexity index is 610. The molecule has 0 spiro atoms. The third-order valence-corrected chi connectivity index (χ3v) is 4.13. The highest BCUT2D eigenvalue weighted by atomic mass is 16.2. The summed E-state index contributed by atoms with van der Waals surface area (Å²) in [7, 11) is 0. The van der Waals surface area contributed by atoms with Crippen LogP contribution >= 0.6 is 0 Å². The quantitative estimate of drug-likeness (QED) is 0.836. The molecule has 1 aliphatic rings. The molecule has 0 aromatic heterocycles. The molecule has 1 aliphatic heterocycles. The highest BCUT2D eigenvalue weighted by Gasteiger charge is 2.22. The Labute approximate surface area is 119 Å². The number of likely N-dealkylation sites (N-methyl/N-ethyl adjacent to an activating group) is 1. The van der Waals surface area contributed by atoms with Crippen molar-refractivity contribution in [3.8, 4) is 0 Å². The Balaban J connectivity index is 1.86. The molecule has 3 nitrogen and oxygen atoms in total. The third kappa shape index (κ3) is 2.41. The summed E-state index contributed by atoms with van der Waals surface area (Å²) in [5, 5.41) is 2.18. The van der Waals surface area contributed by atoms with Gasteiger partial charge in [-0.3, -0.25) is 4.79 Å². The molecule has 0 unspecified atom stereocenters. The first-order valence-electron chi connectivity index (χ1n) is 7.29. The van der Waals surface area contributed by atoms with Crippen LogP contribution < -0.4 is 0 Å². The first kappa shape index (κ1) is 13.1. The number of carbonyl (C=O) groups is 1. The van der Waals surface area contributed by atoms with Crippen molar-refractivity contribution < 1.29 is 4.79 Å². The first-order valence-corrected chi connectivity index (χ1v) is 7.29. The van der Waals surface area contributed by atoms with Crippen LogP contribution in [0.1, 0.15) is 17.3 Å². The van der Waals surface area contributed by atoms with Gasteiger partial charge in [-0.25, -0.2) is 0 Å². The summed E-state index contributed by atoms with van der Waals surface area (Å²) in [5.41, 5.74) is 0.827. The van der Waals surface area contributed by atoms with Crippen LogP contribution in [0.15, 0.2) is 42.5 Å². The molecular weight excluding hydrogens is 248 g/mol. The molecule has 3 rings (SSSR count). The Kier molecular flexibility index (Phi) is 3.70. The Hall–Kier alpha value is -1.87. The predicted octanol–water partition coefficient (Wildman–Crippen LogP) is 2.62. The van der Waals surface area contributed by atoms with E-state index in [1.165, 1.54) is 0 Å². The number of amides is 1. The number of fused-ring (bicyclic) bond motifs is 1. The molecule has 2 aromatic carbocycles. The first-order chi connectivity index (χ1) is 9.79. The molecule has 1 heterocycles. The molecule has 1 fully saturated rings. The van der Waals surface area contributed by atoms with E-state index >= 15 is 0 Å². The Morgan fingerprint density at radius 2 is 1.70 bits per heavy atom. The fourth-order valence-electron chi connectivity index (χ4n) is 2.85. The van der Waals surface area contributed by atoms with Gasteiger partial charge in [-0.2, -0.15) is 0 Å². The predicted molar refractivity (Wildman–Crippen MR) is 82.0 cm³/mol. The van der Waals surface area contributed by atoms with Crippen molar-refractivity contribution in [2.45, 2.75) is 6.92 Å². The van der Waals surface area contributed by atoms with Crippen LogP contribution in [0.5, 0.6) is 0 Å². The summed E-state index contributed by atoms with van der Waals surface area (Å²) in [5.74, 6) is 0.164. The molecule has 0 atom stereocenters. The van der Waals surface area contributed by atoms with E-state index in [0.29, 0.717) is 0 Å². The van der Waals surface area contributed by atoms with Gasteiger partial charge in [0.2, 0.25) is 0 Å². The molecule has 1 amide bonds. The molecule has 2 aromatic rings. The molecule has 0 saturated carbocycles. The molecule has 104 valence electrons. The van der Waals surface area contributed by atoms with Gasteiger partial charge in [0.1, 0.15) is 0 Å². The van der Waals surface area contributed by atoms with Gasteiger partial charge in [0.25, 0.3) is 5.91 Å². The third-order valence-electron chi connectivity index (χ3n) is 4.13. The summed E-state index contributed by atoms with van der Waals surface area (Å²) in [4.78, 5) is 17.1. The average molecular weight is 268 g/mol. The lowest BCUT2D eigenvalue weighted by Gasteiger charge is -2.34. The van der Waals surface area contributed by atoms with E-state index < -0.39 is 0 Å². The number of hydrogen-bond donors (Lipinski definition) is 0. The second-order valence-electron chi connectivity index (χ2n) is 5.25. The van der Waals surface area contributed by atoms with Gasteiger partial charge in [0.05, 0.1) is 0 Å². The van der Waals surface area contributed by atoms with Crippen molar-refractivity contribution in [2.24, 2.45) is 0 Å². The second kappa shape index (κ2) is 5.63. The molecule has 0 N–H and O–H groups in total. The van der Waals surface area contributed by atoms with Crippen LogP contribution in [0.3, 0.4) is 0 Å². The number of nitrogens with zero attached hydrogens (tertiary/aromatic N) is 2. The lowest BCUT2D eigenvalue weighted by molar-refractivity contribution is 0.0645. The van der Waals surface area contributed by atoms with Crippen molar-refractivity contribution in [3.05, 3.63) is 48.0 Å². The number of benzene rings is 2. The Morgan fingerprint density at radius 1 is 1.00 bits per heavy atom. The number of hydrogen-bond acceptors (Lipinski definition) is 2. The van der Waals surface area contributed by atoms with Gasteiger partial charge in [-0.15, -0.1) is 0 Å². The van der Waals surface area contributed by atoms with Crippen LogP contribution in [0.4, 0.5) is 0 Å². The zero-order valence-electron chi connectivity index (χ0n) is 11.9. The maximum absolute atomic E-state index is 12.7. The molecular formula is C17H20N2O. The zero-order chi connectivity index (χ0) is 13.9. The SMILES string of the molecule is CCN1CCN(C(=O)c2cccc3ccccc23)CC1. The summed E-state index contributed by atoms with van der Waals surface area (Å²) >= 11 is 0. The largest absolute Gasteiger partial charge is 0.336 e. The van der Waals surface area contributed by atoms with Gasteiger partial charge in [-0.1, -0.05) is 43.3 Å². The van der Waals surface area contributed by atoms with Crippen molar-refractivity contribution in [1.82, 2.24) is 9.80 Å². The van der Waals surface area contributed by atoms with Crippen LogP contribution in [0.2, 0.25) is 0 Å². The van der Waals surface area contributed by atoms with Crippen LogP contribution in [-0.4, -0.2) is 48.4 Å². The van der Waals surface area contributed by atoms with E-state index in [9.17, 15) is 4.79 Å². The van der Waals surface area contributed by atoms with Crippen LogP contribution in [0, 0.1) is 0 Å². The Morgan fingerprint density at radius 3 is 2.45 bits per heavy atom. The highest BCUT2D eigenvalue weighted by Crippen LogP contribution is 2.20. The van der Waals surface area contributed by atoms with Gasteiger partial charge < -0.3 is 9.80 Å². The number of rotatable bonds is 2. The summed E-state index contributed by atoms with van der Waals surface area (Å²) < 4.78 is 0. The number of piperazine rings is 1. The lowest BCUT2D eigenvalue weighted by Crippen LogP contribution is -2.48. The van der Waals surface area contributed by atoms with Gasteiger partial charge in [0.15, 0.2) is 0 Å². The number of carbonyl (C=O) groups excluding carboxylic acids is 1. The fourth-order valence-corrected chi connectivity index (χ4v) is 2.85. The minimum absolute atomic E-state index is 0.164. The van der Waals surface area contributed by atoms with Crippen molar-refractivity contribution in [1.29, 1.82) is 0 Å². The highest BCUT2D eigenvalue weighted by molar-refractivity contribution is 6.07. The minimum Gasteiger partial charge on any atom is -0.336 e. The van der Waals surface area contributed by atoms with E-state index in [1.807, 2.05) is 35.2 Å². The smallest absolute Gasteiger partial charge is 0.254 e. The maximum atomic E-state index is 12.7. The molecule has 0 aliphatic carbocycles. The summed E-state index contributed by atoms with van der Waals surface area (Å²) in [6.45, 7) is 6.85. The van der Waals surface area contributed by atoms with E-state index in [0.717, 1.165) is 49.1 Å². The van der Waals surface area contributed by atoms with Gasteiger partial charge >= 0.3 is 0 Å². The monoisotopic (exact) mass is 268 g/mol. The normalized spacial score (nSPS) is 16.6. The van der Waals surface area contributed by atoms with E-state index in [2.05, 4.69) is 24.0 Å². The van der Waals surface area contributed by atoms with Gasteiger partial charge in [0, 0.05) is 31.7 Å². The van der Waals surface area contributed by atoms with E-state index in [4.69, 9.17) is 0 Å². The molecule has 20 heavy (non-hydrogen) atoms. The molecule has 0 bridgehead atoms. The standard InChI is InChI=1S/C17H20N2O/c1-2-18-10-12-19(13-11-18)17(20)16-9-5-7-14-6-3-4-8-15(14)16/h3-9H,2,10-13H2,1H3.